The molecule has 0 aliphatic heterocycles. The Balaban J connectivity index is 2.78. The van der Waals surface area contributed by atoms with E-state index in [4.69, 9.17) is 17.0 Å². The van der Waals surface area contributed by atoms with Gasteiger partial charge in [0, 0.05) is 19.7 Å². The van der Waals surface area contributed by atoms with Crippen LogP contribution in [0.5, 0.6) is 5.75 Å². The number of hydrogen-bond donors (Lipinski definition) is 3. The first-order chi connectivity index (χ1) is 11.4. The van der Waals surface area contributed by atoms with Gasteiger partial charge in [-0.25, -0.2) is 4.21 Å². The Morgan fingerprint density at radius 1 is 1.38 bits per heavy atom. The van der Waals surface area contributed by atoms with Gasteiger partial charge in [0.15, 0.2) is 16.1 Å². The standard InChI is InChI=1S/C16H23N3O3S2/c1-11(2)9-15(20)18-8-7-12-5-6-13(22-4)14(10-12)24(21)19-16(23)17-3/h5-6,9-10H,7-8H2,1-4H3,(H,18,20)(H2,17,19,23). The Kier molecular flexibility index (Phi) is 8.42. The largest absolute Gasteiger partial charge is 0.495 e. The summed E-state index contributed by atoms with van der Waals surface area (Å²) in [5.74, 6) is 0.394. The summed E-state index contributed by atoms with van der Waals surface area (Å²) in [6.45, 7) is 4.23. The molecule has 132 valence electrons. The van der Waals surface area contributed by atoms with Gasteiger partial charge in [-0.3, -0.25) is 9.52 Å². The Bertz CT molecular complexity index is 656. The molecule has 6 nitrogen and oxygen atoms in total. The molecule has 1 atom stereocenters. The highest BCUT2D eigenvalue weighted by atomic mass is 32.2. The zero-order chi connectivity index (χ0) is 18.1. The second-order valence-electron chi connectivity index (χ2n) is 5.20. The van der Waals surface area contributed by atoms with E-state index in [1.54, 1.807) is 25.3 Å². The third-order valence-corrected chi connectivity index (χ3v) is 4.52. The number of nitrogens with one attached hydrogen (secondary N) is 3. The van der Waals surface area contributed by atoms with E-state index in [0.29, 0.717) is 23.6 Å². The van der Waals surface area contributed by atoms with Crippen molar-refractivity contribution in [2.24, 2.45) is 0 Å². The van der Waals surface area contributed by atoms with Crippen LogP contribution in [0.15, 0.2) is 34.7 Å². The van der Waals surface area contributed by atoms with Crippen molar-refractivity contribution in [3.8, 4) is 5.75 Å². The van der Waals surface area contributed by atoms with Crippen LogP contribution in [0.3, 0.4) is 0 Å². The molecule has 1 aromatic carbocycles. The number of benzene rings is 1. The minimum Gasteiger partial charge on any atom is -0.495 e. The van der Waals surface area contributed by atoms with Crippen molar-refractivity contribution in [3.63, 3.8) is 0 Å². The van der Waals surface area contributed by atoms with E-state index >= 15 is 0 Å². The lowest BCUT2D eigenvalue weighted by Gasteiger charge is -2.12. The number of thiocarbonyl (C=S) groups is 1. The molecule has 1 unspecified atom stereocenters. The molecule has 0 aromatic heterocycles. The van der Waals surface area contributed by atoms with Gasteiger partial charge < -0.3 is 15.4 Å². The van der Waals surface area contributed by atoms with Crippen LogP contribution in [-0.2, 0) is 22.2 Å². The Hall–Kier alpha value is -1.93. The van der Waals surface area contributed by atoms with Gasteiger partial charge in [0.1, 0.15) is 10.6 Å². The van der Waals surface area contributed by atoms with Crippen molar-refractivity contribution in [1.29, 1.82) is 0 Å². The molecule has 0 aliphatic rings. The minimum absolute atomic E-state index is 0.117. The summed E-state index contributed by atoms with van der Waals surface area (Å²) in [7, 11) is 1.63. The number of hydrogen-bond acceptors (Lipinski definition) is 4. The van der Waals surface area contributed by atoms with Crippen molar-refractivity contribution in [1.82, 2.24) is 15.4 Å². The van der Waals surface area contributed by atoms with Gasteiger partial charge in [-0.1, -0.05) is 11.6 Å². The monoisotopic (exact) mass is 369 g/mol. The quantitative estimate of drug-likeness (QED) is 0.501. The SMILES string of the molecule is CNC(=S)NS(=O)c1cc(CCNC(=O)C=C(C)C)ccc1OC. The maximum atomic E-state index is 12.4. The maximum Gasteiger partial charge on any atom is 0.243 e. The summed E-state index contributed by atoms with van der Waals surface area (Å²) in [6, 6.07) is 5.42. The summed E-state index contributed by atoms with van der Waals surface area (Å²) >= 11 is 4.97. The lowest BCUT2D eigenvalue weighted by molar-refractivity contribution is -0.116. The summed E-state index contributed by atoms with van der Waals surface area (Å²) in [5, 5.41) is 5.81. The summed E-state index contributed by atoms with van der Waals surface area (Å²) < 4.78 is 20.3. The topological polar surface area (TPSA) is 79.5 Å². The van der Waals surface area contributed by atoms with Gasteiger partial charge in [-0.05, 0) is 50.2 Å². The van der Waals surface area contributed by atoms with Crippen molar-refractivity contribution >= 4 is 34.2 Å². The smallest absolute Gasteiger partial charge is 0.243 e. The van der Waals surface area contributed by atoms with E-state index in [0.717, 1.165) is 11.1 Å². The molecule has 0 aliphatic carbocycles. The fraction of sp³-hybridized carbons (Fsp3) is 0.375. The van der Waals surface area contributed by atoms with Gasteiger partial charge in [0.05, 0.1) is 7.11 Å². The van der Waals surface area contributed by atoms with Crippen LogP contribution in [0.2, 0.25) is 0 Å². The molecule has 1 rings (SSSR count). The van der Waals surface area contributed by atoms with Crippen molar-refractivity contribution in [3.05, 3.63) is 35.4 Å². The molecule has 1 aromatic rings. The van der Waals surface area contributed by atoms with Crippen molar-refractivity contribution in [2.75, 3.05) is 20.7 Å². The van der Waals surface area contributed by atoms with Crippen LogP contribution in [0.1, 0.15) is 19.4 Å². The molecule has 8 heteroatoms. The van der Waals surface area contributed by atoms with Crippen LogP contribution in [-0.4, -0.2) is 35.9 Å². The highest BCUT2D eigenvalue weighted by Crippen LogP contribution is 2.23. The lowest BCUT2D eigenvalue weighted by Crippen LogP contribution is -2.33. The molecule has 24 heavy (non-hydrogen) atoms. The first-order valence-electron chi connectivity index (χ1n) is 7.37. The number of ether oxygens (including phenoxy) is 1. The van der Waals surface area contributed by atoms with Crippen LogP contribution >= 0.6 is 12.2 Å². The second kappa shape index (κ2) is 10.0. The number of rotatable bonds is 7. The Morgan fingerprint density at radius 3 is 2.67 bits per heavy atom. The highest BCUT2D eigenvalue weighted by Gasteiger charge is 2.13. The molecule has 0 spiro atoms. The van der Waals surface area contributed by atoms with Crippen LogP contribution in [0.25, 0.3) is 0 Å². The molecule has 1 amide bonds. The van der Waals surface area contributed by atoms with E-state index in [9.17, 15) is 9.00 Å². The molecule has 0 bridgehead atoms. The number of carbonyl (C=O) groups is 1. The average Bonchev–Trinajstić information content (AvgIpc) is 2.53. The third kappa shape index (κ3) is 6.67. The Labute approximate surface area is 150 Å². The summed E-state index contributed by atoms with van der Waals surface area (Å²) in [5.41, 5.74) is 1.88. The maximum absolute atomic E-state index is 12.4. The number of carbonyl (C=O) groups excluding carboxylic acids is 1. The van der Waals surface area contributed by atoms with E-state index in [2.05, 4.69) is 15.4 Å². The predicted octanol–water partition coefficient (Wildman–Crippen LogP) is 1.44. The van der Waals surface area contributed by atoms with E-state index in [-0.39, 0.29) is 11.0 Å². The van der Waals surface area contributed by atoms with Gasteiger partial charge in [-0.2, -0.15) is 0 Å². The second-order valence-corrected chi connectivity index (χ2v) is 6.79. The lowest BCUT2D eigenvalue weighted by atomic mass is 10.1. The molecular formula is C16H23N3O3S2. The predicted molar refractivity (Wildman–Crippen MR) is 100 cm³/mol. The fourth-order valence-corrected chi connectivity index (χ4v) is 3.05. The molecule has 0 saturated carbocycles. The fourth-order valence-electron chi connectivity index (χ4n) is 1.85. The number of allylic oxidation sites excluding steroid dienone is 1. The molecule has 0 fully saturated rings. The van der Waals surface area contributed by atoms with E-state index in [1.807, 2.05) is 19.9 Å². The van der Waals surface area contributed by atoms with Gasteiger partial charge in [-0.15, -0.1) is 0 Å². The molecular weight excluding hydrogens is 346 g/mol. The molecule has 0 radical (unpaired) electrons. The molecule has 0 saturated heterocycles. The van der Waals surface area contributed by atoms with Crippen LogP contribution in [0.4, 0.5) is 0 Å². The van der Waals surface area contributed by atoms with Gasteiger partial charge in [0.25, 0.3) is 0 Å². The highest BCUT2D eigenvalue weighted by molar-refractivity contribution is 7.87. The van der Waals surface area contributed by atoms with E-state index < -0.39 is 11.0 Å². The molecule has 0 heterocycles. The molecule has 3 N–H and O–H groups in total. The minimum atomic E-state index is -1.53. The summed E-state index contributed by atoms with van der Waals surface area (Å²) in [4.78, 5) is 12.1. The summed E-state index contributed by atoms with van der Waals surface area (Å²) in [6.07, 6.45) is 2.17. The van der Waals surface area contributed by atoms with Crippen LogP contribution in [0, 0.1) is 0 Å². The normalized spacial score (nSPS) is 11.2. The van der Waals surface area contributed by atoms with Crippen molar-refractivity contribution in [2.45, 2.75) is 25.2 Å². The van der Waals surface area contributed by atoms with Gasteiger partial charge >= 0.3 is 0 Å². The van der Waals surface area contributed by atoms with E-state index in [1.165, 1.54) is 7.11 Å². The van der Waals surface area contributed by atoms with Gasteiger partial charge in [0.2, 0.25) is 5.91 Å². The number of methoxy groups -OCH3 is 1. The zero-order valence-corrected chi connectivity index (χ0v) is 15.9. The van der Waals surface area contributed by atoms with Crippen molar-refractivity contribution < 1.29 is 13.7 Å². The number of amides is 1. The Morgan fingerprint density at radius 2 is 2.08 bits per heavy atom. The third-order valence-electron chi connectivity index (χ3n) is 2.97. The zero-order valence-electron chi connectivity index (χ0n) is 14.3. The first kappa shape index (κ1) is 20.1. The average molecular weight is 370 g/mol. The first-order valence-corrected chi connectivity index (χ1v) is 8.93. The van der Waals surface area contributed by atoms with Crippen LogP contribution < -0.4 is 20.1 Å².